The van der Waals surface area contributed by atoms with Crippen LogP contribution in [0.4, 0.5) is 0 Å². The van der Waals surface area contributed by atoms with Gasteiger partial charge in [0, 0.05) is 4.92 Å². The second-order valence-electron chi connectivity index (χ2n) is 3.41. The Hall–Kier alpha value is -1.66. The maximum atomic E-state index is 11.4. The first-order chi connectivity index (χ1) is 7.50. The van der Waals surface area contributed by atoms with E-state index in [1.54, 1.807) is 13.8 Å². The molecule has 0 spiro atoms. The van der Waals surface area contributed by atoms with Gasteiger partial charge in [-0.25, -0.2) is 4.79 Å². The Bertz CT molecular complexity index is 328. The third-order valence-electron chi connectivity index (χ3n) is 2.46. The van der Waals surface area contributed by atoms with Crippen molar-refractivity contribution in [3.63, 3.8) is 0 Å². The van der Waals surface area contributed by atoms with Gasteiger partial charge in [-0.3, -0.25) is 14.9 Å². The predicted molar refractivity (Wildman–Crippen MR) is 51.1 cm³/mol. The zero-order chi connectivity index (χ0) is 12.3. The van der Waals surface area contributed by atoms with Crippen LogP contribution in [0.5, 0.6) is 0 Å². The zero-order valence-electron chi connectivity index (χ0n) is 9.10. The molecular formula is C9H13NO6. The van der Waals surface area contributed by atoms with Crippen LogP contribution in [0.15, 0.2) is 0 Å². The molecule has 0 aliphatic heterocycles. The Labute approximate surface area is 91.9 Å². The summed E-state index contributed by atoms with van der Waals surface area (Å²) < 4.78 is 9.25. The lowest BCUT2D eigenvalue weighted by Crippen LogP contribution is -2.38. The topological polar surface area (TPSA) is 95.7 Å². The molecule has 7 nitrogen and oxygen atoms in total. The Kier molecular flexibility index (Phi) is 3.46. The van der Waals surface area contributed by atoms with Gasteiger partial charge in [-0.05, 0) is 13.8 Å². The van der Waals surface area contributed by atoms with Gasteiger partial charge in [-0.1, -0.05) is 0 Å². The SMILES string of the molecule is CCOC(=O)[C@@H]1C[C@]1(C(=O)OCC)[N+](=O)[O-]. The molecule has 0 aromatic rings. The van der Waals surface area contributed by atoms with Crippen LogP contribution in [0, 0.1) is 16.0 Å². The average molecular weight is 231 g/mol. The summed E-state index contributed by atoms with van der Waals surface area (Å²) in [5, 5.41) is 10.8. The normalized spacial score (nSPS) is 27.0. The van der Waals surface area contributed by atoms with Crippen molar-refractivity contribution in [3.8, 4) is 0 Å². The molecule has 0 unspecified atom stereocenters. The van der Waals surface area contributed by atoms with Gasteiger partial charge in [-0.2, -0.15) is 0 Å². The molecule has 0 heterocycles. The van der Waals surface area contributed by atoms with E-state index in [2.05, 4.69) is 9.47 Å². The fourth-order valence-corrected chi connectivity index (χ4v) is 1.53. The van der Waals surface area contributed by atoms with Crippen LogP contribution in [-0.2, 0) is 19.1 Å². The second kappa shape index (κ2) is 4.46. The Morgan fingerprint density at radius 1 is 1.38 bits per heavy atom. The number of nitro groups is 1. The minimum absolute atomic E-state index is 0.0456. The molecule has 1 rings (SSSR count). The Morgan fingerprint density at radius 2 is 1.94 bits per heavy atom. The minimum atomic E-state index is -1.91. The standard InChI is InChI=1S/C9H13NO6/c1-3-15-7(11)6-5-9(6,10(13)14)8(12)16-4-2/h6H,3-5H2,1-2H3/t6-,9-/m0/s1. The number of hydrogen-bond donors (Lipinski definition) is 0. The number of hydrogen-bond acceptors (Lipinski definition) is 6. The zero-order valence-corrected chi connectivity index (χ0v) is 9.10. The summed E-state index contributed by atoms with van der Waals surface area (Å²) in [6.45, 7) is 3.32. The average Bonchev–Trinajstić information content (AvgIpc) is 2.94. The van der Waals surface area contributed by atoms with E-state index in [9.17, 15) is 19.7 Å². The monoisotopic (exact) mass is 231 g/mol. The molecule has 0 radical (unpaired) electrons. The fraction of sp³-hybridized carbons (Fsp3) is 0.778. The van der Waals surface area contributed by atoms with Crippen molar-refractivity contribution in [1.29, 1.82) is 0 Å². The first-order valence-electron chi connectivity index (χ1n) is 4.99. The van der Waals surface area contributed by atoms with E-state index in [0.29, 0.717) is 0 Å². The van der Waals surface area contributed by atoms with Crippen molar-refractivity contribution in [1.82, 2.24) is 0 Å². The number of carbonyl (C=O) groups excluding carboxylic acids is 2. The first-order valence-corrected chi connectivity index (χ1v) is 4.99. The predicted octanol–water partition coefficient (Wildman–Crippen LogP) is 0.148. The summed E-state index contributed by atoms with van der Waals surface area (Å²) in [5.74, 6) is -2.69. The highest BCUT2D eigenvalue weighted by Crippen LogP contribution is 2.48. The molecule has 0 saturated heterocycles. The van der Waals surface area contributed by atoms with E-state index in [1.165, 1.54) is 0 Å². The molecule has 1 aliphatic rings. The van der Waals surface area contributed by atoms with Crippen LogP contribution in [-0.4, -0.2) is 35.6 Å². The van der Waals surface area contributed by atoms with Gasteiger partial charge < -0.3 is 9.47 Å². The molecule has 0 amide bonds. The van der Waals surface area contributed by atoms with Crippen molar-refractivity contribution in [2.45, 2.75) is 25.8 Å². The van der Waals surface area contributed by atoms with Gasteiger partial charge in [0.15, 0.2) is 0 Å². The van der Waals surface area contributed by atoms with E-state index in [0.717, 1.165) is 0 Å². The Morgan fingerprint density at radius 3 is 2.38 bits per heavy atom. The molecule has 1 fully saturated rings. The number of nitrogens with zero attached hydrogens (tertiary/aromatic N) is 1. The largest absolute Gasteiger partial charge is 0.466 e. The lowest BCUT2D eigenvalue weighted by atomic mass is 10.2. The maximum absolute atomic E-state index is 11.4. The van der Waals surface area contributed by atoms with Crippen molar-refractivity contribution in [2.75, 3.05) is 13.2 Å². The summed E-state index contributed by atoms with van der Waals surface area (Å²) in [5.41, 5.74) is -1.91. The van der Waals surface area contributed by atoms with Gasteiger partial charge >= 0.3 is 17.5 Å². The number of carbonyl (C=O) groups is 2. The summed E-state index contributed by atoms with van der Waals surface area (Å²) in [6, 6.07) is 0. The fourth-order valence-electron chi connectivity index (χ4n) is 1.53. The molecule has 1 saturated carbocycles. The van der Waals surface area contributed by atoms with E-state index in [1.807, 2.05) is 0 Å². The van der Waals surface area contributed by atoms with Crippen LogP contribution < -0.4 is 0 Å². The lowest BCUT2D eigenvalue weighted by molar-refractivity contribution is -0.528. The third kappa shape index (κ3) is 1.84. The van der Waals surface area contributed by atoms with Crippen LogP contribution in [0.2, 0.25) is 0 Å². The van der Waals surface area contributed by atoms with E-state index < -0.39 is 28.3 Å². The van der Waals surface area contributed by atoms with Crippen molar-refractivity contribution < 1.29 is 24.0 Å². The van der Waals surface area contributed by atoms with Crippen LogP contribution in [0.1, 0.15) is 20.3 Å². The molecule has 0 N–H and O–H groups in total. The molecule has 16 heavy (non-hydrogen) atoms. The summed E-state index contributed by atoms with van der Waals surface area (Å²) >= 11 is 0. The van der Waals surface area contributed by atoms with Gasteiger partial charge in [0.2, 0.25) is 0 Å². The van der Waals surface area contributed by atoms with Crippen molar-refractivity contribution >= 4 is 11.9 Å². The molecule has 90 valence electrons. The van der Waals surface area contributed by atoms with Crippen molar-refractivity contribution in [2.24, 2.45) is 5.92 Å². The smallest absolute Gasteiger partial charge is 0.385 e. The summed E-state index contributed by atoms with van der Waals surface area (Å²) in [4.78, 5) is 32.8. The van der Waals surface area contributed by atoms with Gasteiger partial charge in [0.1, 0.15) is 5.92 Å². The minimum Gasteiger partial charge on any atom is -0.466 e. The number of ether oxygens (including phenoxy) is 2. The second-order valence-corrected chi connectivity index (χ2v) is 3.41. The Balaban J connectivity index is 2.77. The first kappa shape index (κ1) is 12.4. The highest BCUT2D eigenvalue weighted by atomic mass is 16.6. The van der Waals surface area contributed by atoms with E-state index >= 15 is 0 Å². The molecule has 0 aromatic carbocycles. The maximum Gasteiger partial charge on any atom is 0.385 e. The summed E-state index contributed by atoms with van der Waals surface area (Å²) in [6.07, 6.45) is -0.141. The molecule has 0 bridgehead atoms. The molecule has 7 heteroatoms. The lowest BCUT2D eigenvalue weighted by Gasteiger charge is -2.07. The van der Waals surface area contributed by atoms with Gasteiger partial charge in [0.25, 0.3) is 0 Å². The molecule has 2 atom stereocenters. The molecule has 1 aliphatic carbocycles. The van der Waals surface area contributed by atoms with E-state index in [-0.39, 0.29) is 19.6 Å². The van der Waals surface area contributed by atoms with E-state index in [4.69, 9.17) is 0 Å². The highest BCUT2D eigenvalue weighted by Gasteiger charge is 2.77. The van der Waals surface area contributed by atoms with Crippen LogP contribution in [0.3, 0.4) is 0 Å². The number of esters is 2. The van der Waals surface area contributed by atoms with Crippen LogP contribution >= 0.6 is 0 Å². The molecule has 0 aromatic heterocycles. The third-order valence-corrected chi connectivity index (χ3v) is 2.46. The highest BCUT2D eigenvalue weighted by molar-refractivity contribution is 5.93. The van der Waals surface area contributed by atoms with Gasteiger partial charge in [0.05, 0.1) is 19.6 Å². The molecular weight excluding hydrogens is 218 g/mol. The number of rotatable bonds is 5. The van der Waals surface area contributed by atoms with Crippen LogP contribution in [0.25, 0.3) is 0 Å². The van der Waals surface area contributed by atoms with Crippen molar-refractivity contribution in [3.05, 3.63) is 10.1 Å². The quantitative estimate of drug-likeness (QED) is 0.379. The summed E-state index contributed by atoms with van der Waals surface area (Å²) in [7, 11) is 0. The van der Waals surface area contributed by atoms with Gasteiger partial charge in [-0.15, -0.1) is 0 Å².